The first kappa shape index (κ1) is 21.0. The quantitative estimate of drug-likeness (QED) is 0.713. The summed E-state index contributed by atoms with van der Waals surface area (Å²) in [7, 11) is 0. The summed E-state index contributed by atoms with van der Waals surface area (Å²) in [5, 5.41) is 0. The largest absolute Gasteiger partial charge is 0.484 e. The summed E-state index contributed by atoms with van der Waals surface area (Å²) in [6, 6.07) is 13.1. The van der Waals surface area contributed by atoms with Crippen molar-refractivity contribution in [2.75, 3.05) is 39.6 Å². The molecule has 0 atom stereocenters. The fourth-order valence-electron chi connectivity index (χ4n) is 3.86. The van der Waals surface area contributed by atoms with Gasteiger partial charge in [-0.05, 0) is 48.7 Å². The molecule has 2 aromatic carbocycles. The predicted octanol–water partition coefficient (Wildman–Crippen LogP) is 3.12. The van der Waals surface area contributed by atoms with E-state index in [1.54, 1.807) is 28.0 Å². The van der Waals surface area contributed by atoms with Crippen LogP contribution in [0.25, 0.3) is 0 Å². The van der Waals surface area contributed by atoms with Gasteiger partial charge in [0, 0.05) is 31.7 Å². The zero-order chi connectivity index (χ0) is 21.6. The third-order valence-corrected chi connectivity index (χ3v) is 5.58. The van der Waals surface area contributed by atoms with Gasteiger partial charge >= 0.3 is 0 Å². The highest BCUT2D eigenvalue weighted by Crippen LogP contribution is 2.32. The highest BCUT2D eigenvalue weighted by molar-refractivity contribution is 5.95. The highest BCUT2D eigenvalue weighted by atomic mass is 16.7. The van der Waals surface area contributed by atoms with Crippen LogP contribution in [0.4, 0.5) is 0 Å². The first-order chi connectivity index (χ1) is 15.1. The molecule has 2 aliphatic heterocycles. The number of hydrogen-bond donors (Lipinski definition) is 0. The summed E-state index contributed by atoms with van der Waals surface area (Å²) in [5.41, 5.74) is 1.83. The van der Waals surface area contributed by atoms with E-state index in [2.05, 4.69) is 6.92 Å². The Morgan fingerprint density at radius 2 is 1.68 bits per heavy atom. The molecular formula is C24H28N2O5. The van der Waals surface area contributed by atoms with Crippen LogP contribution in [-0.2, 0) is 11.2 Å². The summed E-state index contributed by atoms with van der Waals surface area (Å²) >= 11 is 0. The predicted molar refractivity (Wildman–Crippen MR) is 116 cm³/mol. The van der Waals surface area contributed by atoms with Crippen LogP contribution in [0.1, 0.15) is 35.7 Å². The van der Waals surface area contributed by atoms with Crippen molar-refractivity contribution >= 4 is 11.8 Å². The van der Waals surface area contributed by atoms with Crippen molar-refractivity contribution in [3.8, 4) is 17.2 Å². The fourth-order valence-corrected chi connectivity index (χ4v) is 3.86. The zero-order valence-corrected chi connectivity index (χ0v) is 17.8. The number of amides is 2. The number of aryl methyl sites for hydroxylation is 1. The standard InChI is InChI=1S/C24H28N2O5/c1-2-4-18-5-8-20(9-6-18)29-16-23(27)25-11-3-12-26(14-13-25)24(28)19-7-10-21-22(15-19)31-17-30-21/h5-10,15H,2-4,11-14,16-17H2,1H3. The minimum absolute atomic E-state index is 0.00321. The molecule has 4 rings (SSSR count). The molecule has 0 radical (unpaired) electrons. The molecule has 7 heteroatoms. The second-order valence-corrected chi connectivity index (χ2v) is 7.78. The Bertz CT molecular complexity index is 928. The lowest BCUT2D eigenvalue weighted by atomic mass is 10.1. The van der Waals surface area contributed by atoms with Crippen LogP contribution < -0.4 is 14.2 Å². The Morgan fingerprint density at radius 1 is 0.935 bits per heavy atom. The fraction of sp³-hybridized carbons (Fsp3) is 0.417. The highest BCUT2D eigenvalue weighted by Gasteiger charge is 2.24. The van der Waals surface area contributed by atoms with Gasteiger partial charge in [0.15, 0.2) is 18.1 Å². The minimum Gasteiger partial charge on any atom is -0.484 e. The first-order valence-electron chi connectivity index (χ1n) is 10.8. The van der Waals surface area contributed by atoms with Crippen LogP contribution in [0.5, 0.6) is 17.2 Å². The number of rotatable bonds is 6. The summed E-state index contributed by atoms with van der Waals surface area (Å²) in [4.78, 5) is 29.1. The lowest BCUT2D eigenvalue weighted by Crippen LogP contribution is -2.39. The molecule has 0 spiro atoms. The van der Waals surface area contributed by atoms with Crippen molar-refractivity contribution < 1.29 is 23.8 Å². The van der Waals surface area contributed by atoms with Crippen LogP contribution in [0.15, 0.2) is 42.5 Å². The van der Waals surface area contributed by atoms with Crippen LogP contribution >= 0.6 is 0 Å². The zero-order valence-electron chi connectivity index (χ0n) is 17.8. The van der Waals surface area contributed by atoms with Crippen molar-refractivity contribution in [1.29, 1.82) is 0 Å². The van der Waals surface area contributed by atoms with E-state index in [1.807, 2.05) is 24.3 Å². The minimum atomic E-state index is -0.0602. The molecule has 0 unspecified atom stereocenters. The maximum absolute atomic E-state index is 12.9. The van der Waals surface area contributed by atoms with Crippen molar-refractivity contribution in [3.63, 3.8) is 0 Å². The molecule has 1 saturated heterocycles. The molecule has 31 heavy (non-hydrogen) atoms. The van der Waals surface area contributed by atoms with Gasteiger partial charge in [0.25, 0.3) is 11.8 Å². The molecule has 0 saturated carbocycles. The van der Waals surface area contributed by atoms with Gasteiger partial charge < -0.3 is 24.0 Å². The lowest BCUT2D eigenvalue weighted by Gasteiger charge is -2.22. The normalized spacial score (nSPS) is 15.5. The van der Waals surface area contributed by atoms with E-state index in [9.17, 15) is 9.59 Å². The summed E-state index contributed by atoms with van der Waals surface area (Å²) in [6.45, 7) is 4.54. The molecule has 2 aliphatic rings. The number of ether oxygens (including phenoxy) is 3. The second-order valence-electron chi connectivity index (χ2n) is 7.78. The molecule has 0 aliphatic carbocycles. The summed E-state index contributed by atoms with van der Waals surface area (Å²) in [6.07, 6.45) is 2.87. The van der Waals surface area contributed by atoms with Crippen LogP contribution in [0, 0.1) is 0 Å². The molecule has 2 heterocycles. The van der Waals surface area contributed by atoms with Crippen LogP contribution in [0.3, 0.4) is 0 Å². The van der Waals surface area contributed by atoms with Crippen LogP contribution in [-0.4, -0.2) is 61.2 Å². The molecule has 0 N–H and O–H groups in total. The number of fused-ring (bicyclic) bond motifs is 1. The third-order valence-electron chi connectivity index (χ3n) is 5.58. The first-order valence-corrected chi connectivity index (χ1v) is 10.8. The maximum Gasteiger partial charge on any atom is 0.260 e. The van der Waals surface area contributed by atoms with Crippen molar-refractivity contribution in [2.45, 2.75) is 26.2 Å². The smallest absolute Gasteiger partial charge is 0.260 e. The number of carbonyl (C=O) groups is 2. The van der Waals surface area contributed by atoms with Crippen molar-refractivity contribution in [3.05, 3.63) is 53.6 Å². The molecule has 164 valence electrons. The van der Waals surface area contributed by atoms with Gasteiger partial charge in [-0.3, -0.25) is 9.59 Å². The van der Waals surface area contributed by atoms with Gasteiger partial charge in [0.05, 0.1) is 0 Å². The lowest BCUT2D eigenvalue weighted by molar-refractivity contribution is -0.133. The molecule has 0 bridgehead atoms. The molecule has 1 fully saturated rings. The van der Waals surface area contributed by atoms with Gasteiger partial charge in [0.2, 0.25) is 6.79 Å². The van der Waals surface area contributed by atoms with Crippen LogP contribution in [0.2, 0.25) is 0 Å². The van der Waals surface area contributed by atoms with Gasteiger partial charge in [-0.2, -0.15) is 0 Å². The average Bonchev–Trinajstić information content (AvgIpc) is 3.13. The Labute approximate surface area is 182 Å². The Balaban J connectivity index is 1.29. The topological polar surface area (TPSA) is 68.3 Å². The van der Waals surface area contributed by atoms with E-state index in [0.717, 1.165) is 19.3 Å². The maximum atomic E-state index is 12.9. The van der Waals surface area contributed by atoms with E-state index in [1.165, 1.54) is 5.56 Å². The number of benzene rings is 2. The number of nitrogens with zero attached hydrogens (tertiary/aromatic N) is 2. The van der Waals surface area contributed by atoms with E-state index < -0.39 is 0 Å². The van der Waals surface area contributed by atoms with Gasteiger partial charge in [-0.15, -0.1) is 0 Å². The summed E-state index contributed by atoms with van der Waals surface area (Å²) in [5.74, 6) is 1.83. The molecule has 7 nitrogen and oxygen atoms in total. The second kappa shape index (κ2) is 9.73. The molecule has 0 aromatic heterocycles. The number of carbonyl (C=O) groups excluding carboxylic acids is 2. The monoisotopic (exact) mass is 424 g/mol. The number of hydrogen-bond acceptors (Lipinski definition) is 5. The van der Waals surface area contributed by atoms with Crippen molar-refractivity contribution in [1.82, 2.24) is 9.80 Å². The Hall–Kier alpha value is -3.22. The van der Waals surface area contributed by atoms with E-state index in [-0.39, 0.29) is 25.2 Å². The summed E-state index contributed by atoms with van der Waals surface area (Å²) < 4.78 is 16.4. The Kier molecular flexibility index (Phi) is 6.60. The van der Waals surface area contributed by atoms with Crippen molar-refractivity contribution in [2.24, 2.45) is 0 Å². The van der Waals surface area contributed by atoms with Gasteiger partial charge in [-0.25, -0.2) is 0 Å². The average molecular weight is 424 g/mol. The third kappa shape index (κ3) is 5.10. The van der Waals surface area contributed by atoms with Gasteiger partial charge in [-0.1, -0.05) is 25.5 Å². The van der Waals surface area contributed by atoms with E-state index in [4.69, 9.17) is 14.2 Å². The Morgan fingerprint density at radius 3 is 2.48 bits per heavy atom. The van der Waals surface area contributed by atoms with Gasteiger partial charge in [0.1, 0.15) is 5.75 Å². The molecule has 2 amide bonds. The molecule has 2 aromatic rings. The van der Waals surface area contributed by atoms with E-state index in [0.29, 0.717) is 49.0 Å². The molecular weight excluding hydrogens is 396 g/mol. The van der Waals surface area contributed by atoms with E-state index >= 15 is 0 Å². The SMILES string of the molecule is CCCc1ccc(OCC(=O)N2CCCN(C(=O)c3ccc4c(c3)OCO4)CC2)cc1.